The van der Waals surface area contributed by atoms with E-state index in [2.05, 4.69) is 36.3 Å². The Balaban J connectivity index is 1.54. The third-order valence-electron chi connectivity index (χ3n) is 8.54. The second-order valence-electron chi connectivity index (χ2n) is 12.5. The Kier molecular flexibility index (Phi) is 8.61. The molecule has 1 spiro atoms. The Bertz CT molecular complexity index is 1280. The summed E-state index contributed by atoms with van der Waals surface area (Å²) in [5.74, 6) is -1.64. The van der Waals surface area contributed by atoms with Crippen molar-refractivity contribution in [1.29, 1.82) is 0 Å². The number of ether oxygens (including phenoxy) is 1. The molecule has 0 unspecified atom stereocenters. The van der Waals surface area contributed by atoms with Gasteiger partial charge in [0, 0.05) is 42.2 Å². The van der Waals surface area contributed by atoms with Gasteiger partial charge in [0.1, 0.15) is 17.0 Å². The zero-order valence-corrected chi connectivity index (χ0v) is 24.9. The lowest BCUT2D eigenvalue weighted by Crippen LogP contribution is -2.49. The number of hydrogen-bond donors (Lipinski definition) is 2. The molecule has 1 amide bonds. The van der Waals surface area contributed by atoms with Crippen molar-refractivity contribution in [3.8, 4) is 0 Å². The van der Waals surface area contributed by atoms with Gasteiger partial charge >= 0.3 is 0 Å². The zero-order chi connectivity index (χ0) is 28.7. The standard InChI is InChI=1S/C31H38Cl2FN3O3/c1-30(2,3)18-25-31(21-11-10-19(32)17-23(21)35-29(31)39)26(20-7-6-8-22(33)27(20)34)28(36-25)24(38)9-4-5-12-37-13-15-40-16-14-37/h6-8,10-11,17,25-26,28,36H,4-5,9,12-16,18H2,1-3H3,(H,35,39)/t25-,26+,28+,31+/m1/s1. The lowest BCUT2D eigenvalue weighted by Gasteiger charge is -2.37. The van der Waals surface area contributed by atoms with Crippen LogP contribution in [0.4, 0.5) is 10.1 Å². The maximum absolute atomic E-state index is 15.8. The fourth-order valence-electron chi connectivity index (χ4n) is 6.82. The van der Waals surface area contributed by atoms with Crippen molar-refractivity contribution in [3.05, 3.63) is 63.4 Å². The number of nitrogens with one attached hydrogen (secondary N) is 2. The molecule has 2 saturated heterocycles. The summed E-state index contributed by atoms with van der Waals surface area (Å²) in [5.41, 5.74) is 0.224. The van der Waals surface area contributed by atoms with Crippen LogP contribution in [0.25, 0.3) is 0 Å². The number of hydrogen-bond acceptors (Lipinski definition) is 5. The van der Waals surface area contributed by atoms with Crippen LogP contribution in [0.1, 0.15) is 63.5 Å². The van der Waals surface area contributed by atoms with E-state index in [-0.39, 0.29) is 27.7 Å². The first-order valence-corrected chi connectivity index (χ1v) is 14.9. The number of amides is 1. The Hall–Kier alpha value is -2.03. The highest BCUT2D eigenvalue weighted by Gasteiger charge is 2.65. The van der Waals surface area contributed by atoms with Gasteiger partial charge in [0.05, 0.1) is 24.3 Å². The Morgan fingerprint density at radius 1 is 1.15 bits per heavy atom. The number of nitrogens with zero attached hydrogens (tertiary/aromatic N) is 1. The predicted molar refractivity (Wildman–Crippen MR) is 157 cm³/mol. The normalized spacial score (nSPS) is 26.8. The van der Waals surface area contributed by atoms with Crippen molar-refractivity contribution in [3.63, 3.8) is 0 Å². The highest BCUT2D eigenvalue weighted by atomic mass is 35.5. The average Bonchev–Trinajstić information content (AvgIpc) is 3.37. The van der Waals surface area contributed by atoms with E-state index in [0.717, 1.165) is 44.8 Å². The summed E-state index contributed by atoms with van der Waals surface area (Å²) in [6.07, 6.45) is 2.54. The topological polar surface area (TPSA) is 70.7 Å². The average molecular weight is 591 g/mol. The second-order valence-corrected chi connectivity index (χ2v) is 13.3. The molecule has 216 valence electrons. The Morgan fingerprint density at radius 3 is 2.62 bits per heavy atom. The zero-order valence-electron chi connectivity index (χ0n) is 23.4. The van der Waals surface area contributed by atoms with E-state index in [0.29, 0.717) is 30.0 Å². The highest BCUT2D eigenvalue weighted by Crippen LogP contribution is 2.57. The van der Waals surface area contributed by atoms with Gasteiger partial charge in [0.15, 0.2) is 0 Å². The van der Waals surface area contributed by atoms with Crippen LogP contribution in [0.3, 0.4) is 0 Å². The third-order valence-corrected chi connectivity index (χ3v) is 9.06. The molecule has 0 saturated carbocycles. The number of carbonyl (C=O) groups is 2. The molecule has 3 aliphatic rings. The summed E-state index contributed by atoms with van der Waals surface area (Å²) >= 11 is 12.6. The van der Waals surface area contributed by atoms with Crippen molar-refractivity contribution in [2.45, 2.75) is 69.9 Å². The molecule has 5 rings (SSSR count). The molecule has 0 aromatic heterocycles. The maximum atomic E-state index is 15.8. The van der Waals surface area contributed by atoms with Gasteiger partial charge in [-0.1, -0.05) is 62.2 Å². The number of ketones is 1. The van der Waals surface area contributed by atoms with Gasteiger partial charge in [0.25, 0.3) is 0 Å². The van der Waals surface area contributed by atoms with Gasteiger partial charge in [-0.3, -0.25) is 14.5 Å². The molecule has 2 aromatic carbocycles. The molecule has 0 bridgehead atoms. The van der Waals surface area contributed by atoms with Crippen LogP contribution in [0, 0.1) is 11.2 Å². The fraction of sp³-hybridized carbons (Fsp3) is 0.548. The van der Waals surface area contributed by atoms with Crippen molar-refractivity contribution in [2.75, 3.05) is 38.2 Å². The Morgan fingerprint density at radius 2 is 1.90 bits per heavy atom. The first-order chi connectivity index (χ1) is 19.0. The lowest BCUT2D eigenvalue weighted by molar-refractivity contribution is -0.122. The molecular weight excluding hydrogens is 552 g/mol. The number of morpholine rings is 1. The number of halogens is 3. The van der Waals surface area contributed by atoms with E-state index < -0.39 is 29.2 Å². The van der Waals surface area contributed by atoms with E-state index in [4.69, 9.17) is 27.9 Å². The third kappa shape index (κ3) is 5.56. The first kappa shape index (κ1) is 29.5. The highest BCUT2D eigenvalue weighted by molar-refractivity contribution is 6.31. The van der Waals surface area contributed by atoms with Gasteiger partial charge in [0.2, 0.25) is 5.91 Å². The smallest absolute Gasteiger partial charge is 0.237 e. The minimum atomic E-state index is -1.22. The van der Waals surface area contributed by atoms with Crippen LogP contribution >= 0.6 is 23.2 Å². The molecular formula is C31H38Cl2FN3O3. The molecule has 2 fully saturated rings. The van der Waals surface area contributed by atoms with Gasteiger partial charge < -0.3 is 15.4 Å². The second kappa shape index (κ2) is 11.7. The largest absolute Gasteiger partial charge is 0.379 e. The van der Waals surface area contributed by atoms with Gasteiger partial charge in [-0.25, -0.2) is 4.39 Å². The number of unbranched alkanes of at least 4 members (excludes halogenated alkanes) is 1. The number of Topliss-reactive ketones (excluding diaryl/α,β-unsaturated/α-hetero) is 1. The van der Waals surface area contributed by atoms with Crippen LogP contribution in [0.15, 0.2) is 36.4 Å². The van der Waals surface area contributed by atoms with E-state index >= 15 is 4.39 Å². The minimum absolute atomic E-state index is 0.0163. The maximum Gasteiger partial charge on any atom is 0.237 e. The number of carbonyl (C=O) groups excluding carboxylic acids is 2. The molecule has 3 heterocycles. The minimum Gasteiger partial charge on any atom is -0.379 e. The summed E-state index contributed by atoms with van der Waals surface area (Å²) in [6.45, 7) is 10.5. The monoisotopic (exact) mass is 589 g/mol. The van der Waals surface area contributed by atoms with Crippen LogP contribution in [-0.2, 0) is 19.7 Å². The van der Waals surface area contributed by atoms with Crippen molar-refractivity contribution in [1.82, 2.24) is 10.2 Å². The van der Waals surface area contributed by atoms with E-state index in [9.17, 15) is 9.59 Å². The molecule has 3 aliphatic heterocycles. The number of benzene rings is 2. The quantitative estimate of drug-likeness (QED) is 0.372. The summed E-state index contributed by atoms with van der Waals surface area (Å²) in [5, 5.41) is 7.06. The molecule has 6 nitrogen and oxygen atoms in total. The van der Waals surface area contributed by atoms with Gasteiger partial charge in [-0.15, -0.1) is 0 Å². The molecule has 2 N–H and O–H groups in total. The van der Waals surface area contributed by atoms with Crippen LogP contribution in [-0.4, -0.2) is 61.5 Å². The number of fused-ring (bicyclic) bond motifs is 2. The fourth-order valence-corrected chi connectivity index (χ4v) is 7.17. The molecule has 0 radical (unpaired) electrons. The van der Waals surface area contributed by atoms with E-state index in [1.165, 1.54) is 6.07 Å². The van der Waals surface area contributed by atoms with Crippen LogP contribution < -0.4 is 10.6 Å². The summed E-state index contributed by atoms with van der Waals surface area (Å²) in [6, 6.07) is 8.99. The Labute approximate surface area is 245 Å². The molecule has 40 heavy (non-hydrogen) atoms. The molecule has 2 aromatic rings. The van der Waals surface area contributed by atoms with Crippen LogP contribution in [0.2, 0.25) is 10.0 Å². The summed E-state index contributed by atoms with van der Waals surface area (Å²) in [7, 11) is 0. The lowest BCUT2D eigenvalue weighted by atomic mass is 9.62. The van der Waals surface area contributed by atoms with E-state index in [1.807, 2.05) is 6.07 Å². The summed E-state index contributed by atoms with van der Waals surface area (Å²) in [4.78, 5) is 30.5. The van der Waals surface area contributed by atoms with Crippen molar-refractivity contribution < 1.29 is 18.7 Å². The SMILES string of the molecule is CC(C)(C)C[C@H]1N[C@@H](C(=O)CCCCN2CCOCC2)[C@H](c2cccc(Cl)c2F)[C@@]12C(=O)Nc1cc(Cl)ccc12. The van der Waals surface area contributed by atoms with Gasteiger partial charge in [-0.2, -0.15) is 0 Å². The molecule has 0 aliphatic carbocycles. The first-order valence-electron chi connectivity index (χ1n) is 14.2. The van der Waals surface area contributed by atoms with Crippen LogP contribution in [0.5, 0.6) is 0 Å². The number of rotatable bonds is 8. The van der Waals surface area contributed by atoms with Gasteiger partial charge in [-0.05, 0) is 60.5 Å². The molecule has 4 atom stereocenters. The summed E-state index contributed by atoms with van der Waals surface area (Å²) < 4.78 is 21.3. The van der Waals surface area contributed by atoms with Crippen molar-refractivity contribution >= 4 is 40.6 Å². The molecule has 9 heteroatoms. The van der Waals surface area contributed by atoms with E-state index in [1.54, 1.807) is 24.3 Å². The van der Waals surface area contributed by atoms with Crippen molar-refractivity contribution in [2.24, 2.45) is 5.41 Å². The number of anilines is 1. The predicted octanol–water partition coefficient (Wildman–Crippen LogP) is 5.95.